The van der Waals surface area contributed by atoms with E-state index in [1.54, 1.807) is 6.92 Å². The molecule has 1 aromatic heterocycles. The van der Waals surface area contributed by atoms with Crippen LogP contribution in [0, 0.1) is 6.92 Å². The van der Waals surface area contributed by atoms with Crippen LogP contribution in [-0.4, -0.2) is 23.8 Å². The molecule has 0 saturated heterocycles. The standard InChI is InChI=1S/C9H8BrF3N2O/c1-4-7(10)8-5(2-14-4)15-3-6(16-8)9(11,12)13/h2,6,15H,3H2,1H3. The lowest BCUT2D eigenvalue weighted by molar-refractivity contribution is -0.191. The van der Waals surface area contributed by atoms with Crippen molar-refractivity contribution in [1.82, 2.24) is 4.98 Å². The van der Waals surface area contributed by atoms with E-state index in [2.05, 4.69) is 26.2 Å². The summed E-state index contributed by atoms with van der Waals surface area (Å²) < 4.78 is 42.8. The van der Waals surface area contributed by atoms with Gasteiger partial charge in [-0.15, -0.1) is 0 Å². The summed E-state index contributed by atoms with van der Waals surface area (Å²) in [4.78, 5) is 4.01. The Hall–Kier alpha value is -0.980. The molecule has 0 aromatic carbocycles. The normalized spacial score (nSPS) is 19.7. The van der Waals surface area contributed by atoms with Gasteiger partial charge in [-0.2, -0.15) is 13.2 Å². The lowest BCUT2D eigenvalue weighted by atomic mass is 10.2. The molecule has 3 nitrogen and oxygen atoms in total. The maximum Gasteiger partial charge on any atom is 0.427 e. The van der Waals surface area contributed by atoms with Gasteiger partial charge < -0.3 is 10.1 Å². The molecule has 16 heavy (non-hydrogen) atoms. The molecule has 2 rings (SSSR count). The summed E-state index contributed by atoms with van der Waals surface area (Å²) in [5.41, 5.74) is 1.06. The molecular weight excluding hydrogens is 289 g/mol. The molecule has 0 amide bonds. The van der Waals surface area contributed by atoms with Gasteiger partial charge in [-0.1, -0.05) is 0 Å². The fraction of sp³-hybridized carbons (Fsp3) is 0.444. The Morgan fingerprint density at radius 3 is 2.88 bits per heavy atom. The first-order chi connectivity index (χ1) is 7.39. The van der Waals surface area contributed by atoms with Crippen molar-refractivity contribution in [2.45, 2.75) is 19.2 Å². The van der Waals surface area contributed by atoms with Crippen LogP contribution in [-0.2, 0) is 0 Å². The van der Waals surface area contributed by atoms with Crippen LogP contribution in [0.5, 0.6) is 5.75 Å². The predicted molar refractivity (Wildman–Crippen MR) is 55.6 cm³/mol. The molecule has 7 heteroatoms. The number of halogens is 4. The van der Waals surface area contributed by atoms with Crippen LogP contribution in [0.4, 0.5) is 18.9 Å². The van der Waals surface area contributed by atoms with Crippen molar-refractivity contribution < 1.29 is 17.9 Å². The van der Waals surface area contributed by atoms with Gasteiger partial charge in [0.1, 0.15) is 0 Å². The van der Waals surface area contributed by atoms with Gasteiger partial charge in [-0.3, -0.25) is 4.98 Å². The highest BCUT2D eigenvalue weighted by Crippen LogP contribution is 2.40. The highest BCUT2D eigenvalue weighted by atomic mass is 79.9. The SMILES string of the molecule is Cc1ncc2c(c1Br)OC(C(F)(F)F)CN2. The van der Waals surface area contributed by atoms with E-state index in [0.717, 1.165) is 0 Å². The topological polar surface area (TPSA) is 34.1 Å². The quantitative estimate of drug-likeness (QED) is 0.799. The molecule has 1 aliphatic rings. The first-order valence-electron chi connectivity index (χ1n) is 4.52. The number of aromatic nitrogens is 1. The lowest BCUT2D eigenvalue weighted by Gasteiger charge is -2.29. The van der Waals surface area contributed by atoms with Crippen molar-refractivity contribution in [1.29, 1.82) is 0 Å². The van der Waals surface area contributed by atoms with E-state index in [-0.39, 0.29) is 12.3 Å². The second-order valence-electron chi connectivity index (χ2n) is 3.43. The molecular formula is C9H8BrF3N2O. The molecule has 1 N–H and O–H groups in total. The Labute approximate surface area is 98.1 Å². The molecule has 0 saturated carbocycles. The lowest BCUT2D eigenvalue weighted by Crippen LogP contribution is -2.43. The maximum atomic E-state index is 12.5. The number of hydrogen-bond acceptors (Lipinski definition) is 3. The number of nitrogens with one attached hydrogen (secondary N) is 1. The zero-order valence-corrected chi connectivity index (χ0v) is 9.82. The van der Waals surface area contributed by atoms with Crippen LogP contribution in [0.25, 0.3) is 0 Å². The van der Waals surface area contributed by atoms with Crippen LogP contribution in [0.2, 0.25) is 0 Å². The molecule has 1 atom stereocenters. The Morgan fingerprint density at radius 2 is 2.25 bits per heavy atom. The molecule has 2 heterocycles. The Morgan fingerprint density at radius 1 is 1.56 bits per heavy atom. The van der Waals surface area contributed by atoms with Crippen LogP contribution in [0.1, 0.15) is 5.69 Å². The molecule has 1 aromatic rings. The average Bonchev–Trinajstić information content (AvgIpc) is 2.22. The monoisotopic (exact) mass is 296 g/mol. The highest BCUT2D eigenvalue weighted by Gasteiger charge is 2.44. The Balaban J connectivity index is 2.36. The zero-order valence-electron chi connectivity index (χ0n) is 8.23. The van der Waals surface area contributed by atoms with E-state index in [4.69, 9.17) is 4.74 Å². The third-order valence-corrected chi connectivity index (χ3v) is 3.19. The number of hydrogen-bond donors (Lipinski definition) is 1. The van der Waals surface area contributed by atoms with E-state index < -0.39 is 12.3 Å². The molecule has 0 aliphatic carbocycles. The summed E-state index contributed by atoms with van der Waals surface area (Å²) >= 11 is 3.17. The Kier molecular flexibility index (Phi) is 2.73. The summed E-state index contributed by atoms with van der Waals surface area (Å²) in [6.07, 6.45) is -4.73. The number of rotatable bonds is 0. The van der Waals surface area contributed by atoms with Gasteiger partial charge in [0.05, 0.1) is 28.6 Å². The highest BCUT2D eigenvalue weighted by molar-refractivity contribution is 9.10. The van der Waals surface area contributed by atoms with Gasteiger partial charge in [0.15, 0.2) is 5.75 Å². The van der Waals surface area contributed by atoms with Crippen molar-refractivity contribution in [3.8, 4) is 5.75 Å². The first-order valence-corrected chi connectivity index (χ1v) is 5.31. The molecule has 0 fully saturated rings. The average molecular weight is 297 g/mol. The molecule has 0 bridgehead atoms. The van der Waals surface area contributed by atoms with E-state index >= 15 is 0 Å². The van der Waals surface area contributed by atoms with Crippen LogP contribution in [0.3, 0.4) is 0 Å². The molecule has 88 valence electrons. The number of alkyl halides is 3. The number of fused-ring (bicyclic) bond motifs is 1. The maximum absolute atomic E-state index is 12.5. The van der Waals surface area contributed by atoms with Crippen LogP contribution in [0.15, 0.2) is 10.7 Å². The fourth-order valence-electron chi connectivity index (χ4n) is 1.37. The minimum absolute atomic E-state index is 0.168. The molecule has 0 spiro atoms. The van der Waals surface area contributed by atoms with Gasteiger partial charge in [-0.05, 0) is 22.9 Å². The predicted octanol–water partition coefficient (Wildman–Crippen LogP) is 2.89. The summed E-state index contributed by atoms with van der Waals surface area (Å²) in [6.45, 7) is 1.39. The fourth-order valence-corrected chi connectivity index (χ4v) is 1.78. The van der Waals surface area contributed by atoms with Crippen molar-refractivity contribution in [3.63, 3.8) is 0 Å². The van der Waals surface area contributed by atoms with Gasteiger partial charge >= 0.3 is 6.18 Å². The van der Waals surface area contributed by atoms with Crippen molar-refractivity contribution in [2.75, 3.05) is 11.9 Å². The summed E-state index contributed by atoms with van der Waals surface area (Å²) in [5.74, 6) is 0.168. The van der Waals surface area contributed by atoms with Crippen LogP contribution >= 0.6 is 15.9 Å². The van der Waals surface area contributed by atoms with Crippen molar-refractivity contribution in [3.05, 3.63) is 16.4 Å². The van der Waals surface area contributed by atoms with E-state index in [1.165, 1.54) is 6.20 Å². The van der Waals surface area contributed by atoms with Crippen molar-refractivity contribution in [2.24, 2.45) is 0 Å². The number of nitrogens with zero attached hydrogens (tertiary/aromatic N) is 1. The Bertz CT molecular complexity index is 422. The number of anilines is 1. The van der Waals surface area contributed by atoms with Gasteiger partial charge in [-0.25, -0.2) is 0 Å². The second kappa shape index (κ2) is 3.80. The largest absolute Gasteiger partial charge is 0.476 e. The van der Waals surface area contributed by atoms with Gasteiger partial charge in [0.25, 0.3) is 0 Å². The second-order valence-corrected chi connectivity index (χ2v) is 4.22. The van der Waals surface area contributed by atoms with E-state index in [1.807, 2.05) is 0 Å². The molecule has 0 radical (unpaired) electrons. The smallest absolute Gasteiger partial charge is 0.427 e. The number of pyridine rings is 1. The summed E-state index contributed by atoms with van der Waals surface area (Å²) in [5, 5.41) is 2.65. The van der Waals surface area contributed by atoms with E-state index in [9.17, 15) is 13.2 Å². The molecule has 1 unspecified atom stereocenters. The van der Waals surface area contributed by atoms with Crippen molar-refractivity contribution >= 4 is 21.6 Å². The first kappa shape index (κ1) is 11.5. The summed E-state index contributed by atoms with van der Waals surface area (Å²) in [6, 6.07) is 0. The summed E-state index contributed by atoms with van der Waals surface area (Å²) in [7, 11) is 0. The third kappa shape index (κ3) is 1.95. The molecule has 1 aliphatic heterocycles. The minimum Gasteiger partial charge on any atom is -0.476 e. The number of aryl methyl sites for hydroxylation is 1. The van der Waals surface area contributed by atoms with Gasteiger partial charge in [0.2, 0.25) is 6.10 Å². The minimum atomic E-state index is -4.37. The third-order valence-electron chi connectivity index (χ3n) is 2.25. The van der Waals surface area contributed by atoms with E-state index in [0.29, 0.717) is 15.9 Å². The van der Waals surface area contributed by atoms with Crippen LogP contribution < -0.4 is 10.1 Å². The van der Waals surface area contributed by atoms with Gasteiger partial charge in [0, 0.05) is 0 Å². The zero-order chi connectivity index (χ0) is 11.9. The number of ether oxygens (including phenoxy) is 1.